The molecular formula is C16H15N3O3. The van der Waals surface area contributed by atoms with Gasteiger partial charge in [0.25, 0.3) is 0 Å². The van der Waals surface area contributed by atoms with E-state index in [9.17, 15) is 4.79 Å². The fraction of sp³-hybridized carbons (Fsp3) is 0.188. The quantitative estimate of drug-likeness (QED) is 0.756. The fourth-order valence-corrected chi connectivity index (χ4v) is 2.44. The molecule has 0 spiro atoms. The summed E-state index contributed by atoms with van der Waals surface area (Å²) in [6.45, 7) is 0. The number of rotatable bonds is 5. The van der Waals surface area contributed by atoms with Crippen molar-refractivity contribution in [3.63, 3.8) is 0 Å². The van der Waals surface area contributed by atoms with E-state index in [1.54, 1.807) is 19.5 Å². The van der Waals surface area contributed by atoms with Gasteiger partial charge in [-0.05, 0) is 36.2 Å². The second-order valence-electron chi connectivity index (χ2n) is 4.85. The molecule has 6 nitrogen and oxygen atoms in total. The fourth-order valence-electron chi connectivity index (χ4n) is 2.44. The Hall–Kier alpha value is -2.89. The third kappa shape index (κ3) is 2.63. The first-order chi connectivity index (χ1) is 10.7. The third-order valence-corrected chi connectivity index (χ3v) is 3.50. The lowest BCUT2D eigenvalue weighted by Gasteiger charge is -2.05. The van der Waals surface area contributed by atoms with E-state index >= 15 is 0 Å². The number of ether oxygens (including phenoxy) is 1. The van der Waals surface area contributed by atoms with Crippen LogP contribution in [0.5, 0.6) is 5.75 Å². The minimum absolute atomic E-state index is 0.0483. The molecule has 0 radical (unpaired) electrons. The zero-order chi connectivity index (χ0) is 15.5. The molecule has 2 aromatic heterocycles. The number of aryl methyl sites for hydroxylation is 1. The van der Waals surface area contributed by atoms with E-state index < -0.39 is 5.97 Å². The summed E-state index contributed by atoms with van der Waals surface area (Å²) in [6, 6.07) is 7.58. The maximum Gasteiger partial charge on any atom is 0.303 e. The lowest BCUT2D eigenvalue weighted by molar-refractivity contribution is -0.136. The topological polar surface area (TPSA) is 88.1 Å². The third-order valence-electron chi connectivity index (χ3n) is 3.50. The largest absolute Gasteiger partial charge is 0.497 e. The monoisotopic (exact) mass is 297 g/mol. The SMILES string of the molecule is COc1ccc(-c2[nH]c3nccnc3c2CCC(=O)O)cc1. The number of benzene rings is 1. The van der Waals surface area contributed by atoms with E-state index in [1.165, 1.54) is 0 Å². The lowest BCUT2D eigenvalue weighted by atomic mass is 10.0. The van der Waals surface area contributed by atoms with Gasteiger partial charge in [0.2, 0.25) is 0 Å². The molecule has 0 saturated carbocycles. The van der Waals surface area contributed by atoms with Gasteiger partial charge in [0, 0.05) is 24.4 Å². The summed E-state index contributed by atoms with van der Waals surface area (Å²) in [5.41, 5.74) is 4.05. The Morgan fingerprint density at radius 2 is 1.95 bits per heavy atom. The van der Waals surface area contributed by atoms with Gasteiger partial charge in [0.1, 0.15) is 11.3 Å². The Morgan fingerprint density at radius 3 is 2.64 bits per heavy atom. The van der Waals surface area contributed by atoms with E-state index in [2.05, 4.69) is 15.0 Å². The number of H-pyrrole nitrogens is 1. The predicted octanol–water partition coefficient (Wildman–Crippen LogP) is 2.65. The van der Waals surface area contributed by atoms with E-state index in [4.69, 9.17) is 9.84 Å². The number of fused-ring (bicyclic) bond motifs is 1. The summed E-state index contributed by atoms with van der Waals surface area (Å²) < 4.78 is 5.16. The molecule has 0 saturated heterocycles. The van der Waals surface area contributed by atoms with Crippen LogP contribution < -0.4 is 4.74 Å². The van der Waals surface area contributed by atoms with E-state index in [1.807, 2.05) is 24.3 Å². The maximum absolute atomic E-state index is 10.9. The first-order valence-electron chi connectivity index (χ1n) is 6.87. The van der Waals surface area contributed by atoms with Gasteiger partial charge in [-0.15, -0.1) is 0 Å². The Bertz CT molecular complexity index is 809. The molecule has 0 amide bonds. The molecule has 2 N–H and O–H groups in total. The molecule has 0 aliphatic rings. The number of hydrogen-bond donors (Lipinski definition) is 2. The number of nitrogens with one attached hydrogen (secondary N) is 1. The molecule has 0 unspecified atom stereocenters. The number of carboxylic acid groups (broad SMARTS) is 1. The first-order valence-corrected chi connectivity index (χ1v) is 6.87. The van der Waals surface area contributed by atoms with Crippen molar-refractivity contribution in [1.82, 2.24) is 15.0 Å². The standard InChI is InChI=1S/C16H15N3O3/c1-22-11-4-2-10(3-5-11)14-12(6-7-13(20)21)15-16(19-14)18-9-8-17-15/h2-5,8-9H,6-7H2,1H3,(H,18,19)(H,20,21). The number of nitrogens with zero attached hydrogens (tertiary/aromatic N) is 2. The van der Waals surface area contributed by atoms with Gasteiger partial charge in [-0.3, -0.25) is 9.78 Å². The number of aliphatic carboxylic acids is 1. The minimum atomic E-state index is -0.834. The Labute approximate surface area is 126 Å². The van der Waals surface area contributed by atoms with E-state index in [0.717, 1.165) is 28.1 Å². The maximum atomic E-state index is 10.9. The normalized spacial score (nSPS) is 10.8. The van der Waals surface area contributed by atoms with Crippen LogP contribution in [0.15, 0.2) is 36.7 Å². The van der Waals surface area contributed by atoms with E-state index in [0.29, 0.717) is 12.1 Å². The van der Waals surface area contributed by atoms with Crippen molar-refractivity contribution in [2.75, 3.05) is 7.11 Å². The molecule has 0 fully saturated rings. The summed E-state index contributed by atoms with van der Waals surface area (Å²) in [5, 5.41) is 8.95. The van der Waals surface area contributed by atoms with Crippen molar-refractivity contribution in [3.8, 4) is 17.0 Å². The highest BCUT2D eigenvalue weighted by atomic mass is 16.5. The Kier molecular flexibility index (Phi) is 3.74. The molecule has 3 rings (SSSR count). The van der Waals surface area contributed by atoms with Gasteiger partial charge in [-0.25, -0.2) is 4.98 Å². The van der Waals surface area contributed by atoms with Crippen LogP contribution in [0.25, 0.3) is 22.4 Å². The molecule has 112 valence electrons. The second-order valence-corrected chi connectivity index (χ2v) is 4.85. The Balaban J connectivity index is 2.09. The van der Waals surface area contributed by atoms with Crippen molar-refractivity contribution >= 4 is 17.1 Å². The van der Waals surface area contributed by atoms with Crippen LogP contribution in [0.2, 0.25) is 0 Å². The van der Waals surface area contributed by atoms with Crippen LogP contribution in [0.3, 0.4) is 0 Å². The molecular weight excluding hydrogens is 282 g/mol. The van der Waals surface area contributed by atoms with Crippen molar-refractivity contribution in [2.24, 2.45) is 0 Å². The molecule has 0 aliphatic carbocycles. The van der Waals surface area contributed by atoms with Gasteiger partial charge in [-0.2, -0.15) is 0 Å². The predicted molar refractivity (Wildman–Crippen MR) is 81.8 cm³/mol. The van der Waals surface area contributed by atoms with Crippen LogP contribution in [-0.4, -0.2) is 33.1 Å². The smallest absolute Gasteiger partial charge is 0.303 e. The highest BCUT2D eigenvalue weighted by molar-refractivity contribution is 5.85. The Morgan fingerprint density at radius 1 is 1.23 bits per heavy atom. The number of aromatic nitrogens is 3. The molecule has 0 aliphatic heterocycles. The zero-order valence-electron chi connectivity index (χ0n) is 12.0. The second kappa shape index (κ2) is 5.85. The molecule has 6 heteroatoms. The number of hydrogen-bond acceptors (Lipinski definition) is 4. The van der Waals surface area contributed by atoms with Crippen molar-refractivity contribution < 1.29 is 14.6 Å². The van der Waals surface area contributed by atoms with Crippen LogP contribution in [0.4, 0.5) is 0 Å². The molecule has 2 heterocycles. The summed E-state index contributed by atoms with van der Waals surface area (Å²) in [4.78, 5) is 22.7. The van der Waals surface area contributed by atoms with Crippen molar-refractivity contribution in [3.05, 3.63) is 42.2 Å². The zero-order valence-corrected chi connectivity index (χ0v) is 12.0. The molecule has 0 bridgehead atoms. The van der Waals surface area contributed by atoms with Crippen molar-refractivity contribution in [2.45, 2.75) is 12.8 Å². The van der Waals surface area contributed by atoms with Gasteiger partial charge < -0.3 is 14.8 Å². The van der Waals surface area contributed by atoms with Crippen LogP contribution in [0.1, 0.15) is 12.0 Å². The van der Waals surface area contributed by atoms with E-state index in [-0.39, 0.29) is 6.42 Å². The summed E-state index contributed by atoms with van der Waals surface area (Å²) in [7, 11) is 1.62. The summed E-state index contributed by atoms with van der Waals surface area (Å²) in [6.07, 6.45) is 3.66. The van der Waals surface area contributed by atoms with Crippen LogP contribution >= 0.6 is 0 Å². The van der Waals surface area contributed by atoms with Gasteiger partial charge >= 0.3 is 5.97 Å². The highest BCUT2D eigenvalue weighted by Gasteiger charge is 2.16. The number of carbonyl (C=O) groups is 1. The number of methoxy groups -OCH3 is 1. The van der Waals surface area contributed by atoms with Gasteiger partial charge in [-0.1, -0.05) is 0 Å². The minimum Gasteiger partial charge on any atom is -0.497 e. The number of aromatic amines is 1. The highest BCUT2D eigenvalue weighted by Crippen LogP contribution is 2.30. The van der Waals surface area contributed by atoms with Gasteiger partial charge in [0.05, 0.1) is 12.8 Å². The van der Waals surface area contributed by atoms with Gasteiger partial charge in [0.15, 0.2) is 5.65 Å². The lowest BCUT2D eigenvalue weighted by Crippen LogP contribution is -1.98. The molecule has 22 heavy (non-hydrogen) atoms. The van der Waals surface area contributed by atoms with Crippen LogP contribution in [-0.2, 0) is 11.2 Å². The first kappa shape index (κ1) is 14.1. The number of carboxylic acids is 1. The molecule has 0 atom stereocenters. The van der Waals surface area contributed by atoms with Crippen molar-refractivity contribution in [1.29, 1.82) is 0 Å². The average molecular weight is 297 g/mol. The summed E-state index contributed by atoms with van der Waals surface area (Å²) >= 11 is 0. The van der Waals surface area contributed by atoms with Crippen LogP contribution in [0, 0.1) is 0 Å². The average Bonchev–Trinajstić information content (AvgIpc) is 2.91. The summed E-state index contributed by atoms with van der Waals surface area (Å²) in [5.74, 6) is -0.0675. The molecule has 3 aromatic rings. The molecule has 1 aromatic carbocycles.